The van der Waals surface area contributed by atoms with Gasteiger partial charge in [-0.2, -0.15) is 0 Å². The van der Waals surface area contributed by atoms with E-state index in [0.29, 0.717) is 22.0 Å². The van der Waals surface area contributed by atoms with Gasteiger partial charge in [0, 0.05) is 5.69 Å². The lowest BCUT2D eigenvalue weighted by Crippen LogP contribution is -2.27. The number of hydrogen-bond donors (Lipinski definition) is 1. The second-order valence-electron chi connectivity index (χ2n) is 6.79. The molecule has 0 radical (unpaired) electrons. The van der Waals surface area contributed by atoms with Gasteiger partial charge in [0.25, 0.3) is 0 Å². The molecule has 27 heavy (non-hydrogen) atoms. The van der Waals surface area contributed by atoms with Crippen LogP contribution in [0, 0.1) is 6.92 Å². The quantitative estimate of drug-likeness (QED) is 0.655. The second kappa shape index (κ2) is 7.32. The summed E-state index contributed by atoms with van der Waals surface area (Å²) in [6.45, 7) is 7.11. The lowest BCUT2D eigenvalue weighted by Gasteiger charge is -2.18. The fraction of sp³-hybridized carbons (Fsp3) is 0.263. The largest absolute Gasteiger partial charge is 0.463 e. The van der Waals surface area contributed by atoms with Gasteiger partial charge in [-0.1, -0.05) is 17.4 Å². The van der Waals surface area contributed by atoms with Gasteiger partial charge in [0.15, 0.2) is 10.9 Å². The van der Waals surface area contributed by atoms with E-state index in [1.165, 1.54) is 6.26 Å². The molecule has 1 N–H and O–H groups in total. The van der Waals surface area contributed by atoms with Crippen molar-refractivity contribution in [3.8, 4) is 11.5 Å². The fourth-order valence-electron chi connectivity index (χ4n) is 2.28. The van der Waals surface area contributed by atoms with E-state index in [2.05, 4.69) is 15.3 Å². The number of amides is 1. The van der Waals surface area contributed by atoms with Gasteiger partial charge >= 0.3 is 6.09 Å². The van der Waals surface area contributed by atoms with Gasteiger partial charge in [-0.05, 0) is 52.0 Å². The lowest BCUT2D eigenvalue weighted by molar-refractivity contribution is 0.0635. The predicted octanol–water partition coefficient (Wildman–Crippen LogP) is 4.68. The lowest BCUT2D eigenvalue weighted by atomic mass is 10.1. The molecule has 0 aliphatic carbocycles. The number of nitrogens with one attached hydrogen (secondary N) is 1. The van der Waals surface area contributed by atoms with Crippen molar-refractivity contribution < 1.29 is 18.7 Å². The highest BCUT2D eigenvalue weighted by molar-refractivity contribution is 7.18. The standard InChI is InChI=1S/C19H19N3O4S/c1-11-7-5-8-12(20-11)15(23)16-14(13-9-6-10-25-13)21-17(27-16)22-18(24)26-19(2,3)4/h5-10H,1-4H3,(H,21,22,24). The molecule has 0 saturated heterocycles. The van der Waals surface area contributed by atoms with Crippen LogP contribution in [0.15, 0.2) is 41.0 Å². The maximum Gasteiger partial charge on any atom is 0.413 e. The molecule has 0 bridgehead atoms. The average Bonchev–Trinajstić information content (AvgIpc) is 3.21. The highest BCUT2D eigenvalue weighted by atomic mass is 32.1. The van der Waals surface area contributed by atoms with E-state index in [0.717, 1.165) is 17.0 Å². The van der Waals surface area contributed by atoms with Gasteiger partial charge in [-0.25, -0.2) is 14.8 Å². The van der Waals surface area contributed by atoms with Crippen LogP contribution in [-0.2, 0) is 4.74 Å². The Bertz CT molecular complexity index is 971. The number of nitrogens with zero attached hydrogens (tertiary/aromatic N) is 2. The van der Waals surface area contributed by atoms with Crippen molar-refractivity contribution in [2.75, 3.05) is 5.32 Å². The van der Waals surface area contributed by atoms with Crippen LogP contribution >= 0.6 is 11.3 Å². The summed E-state index contributed by atoms with van der Waals surface area (Å²) in [6.07, 6.45) is 0.851. The summed E-state index contributed by atoms with van der Waals surface area (Å²) in [5.41, 5.74) is 0.742. The van der Waals surface area contributed by atoms with E-state index < -0.39 is 11.7 Å². The van der Waals surface area contributed by atoms with Crippen molar-refractivity contribution in [1.29, 1.82) is 0 Å². The molecule has 3 aromatic heterocycles. The van der Waals surface area contributed by atoms with Gasteiger partial charge in [0.2, 0.25) is 5.78 Å². The molecule has 7 nitrogen and oxygen atoms in total. The molecule has 0 aromatic carbocycles. The number of pyridine rings is 1. The van der Waals surface area contributed by atoms with E-state index in [-0.39, 0.29) is 10.9 Å². The molecule has 0 atom stereocenters. The minimum atomic E-state index is -0.644. The highest BCUT2D eigenvalue weighted by Crippen LogP contribution is 2.33. The van der Waals surface area contributed by atoms with Crippen LogP contribution in [0.3, 0.4) is 0 Å². The van der Waals surface area contributed by atoms with Gasteiger partial charge in [0.05, 0.1) is 6.26 Å². The molecule has 1 amide bonds. The van der Waals surface area contributed by atoms with Crippen LogP contribution in [0.1, 0.15) is 41.8 Å². The average molecular weight is 385 g/mol. The van der Waals surface area contributed by atoms with Crippen LogP contribution in [0.4, 0.5) is 9.93 Å². The molecule has 0 spiro atoms. The summed E-state index contributed by atoms with van der Waals surface area (Å²) in [6, 6.07) is 8.62. The van der Waals surface area contributed by atoms with Gasteiger partial charge in [0.1, 0.15) is 21.9 Å². The smallest absolute Gasteiger partial charge is 0.413 e. The van der Waals surface area contributed by atoms with Crippen molar-refractivity contribution >= 4 is 28.3 Å². The minimum absolute atomic E-state index is 0.242. The number of anilines is 1. The van der Waals surface area contributed by atoms with Crippen molar-refractivity contribution in [2.24, 2.45) is 0 Å². The zero-order valence-electron chi connectivity index (χ0n) is 15.4. The Morgan fingerprint density at radius 1 is 1.15 bits per heavy atom. The third-order valence-electron chi connectivity index (χ3n) is 3.32. The molecule has 3 heterocycles. The van der Waals surface area contributed by atoms with E-state index in [1.54, 1.807) is 45.0 Å². The monoisotopic (exact) mass is 385 g/mol. The number of aryl methyl sites for hydroxylation is 1. The molecule has 140 valence electrons. The zero-order valence-corrected chi connectivity index (χ0v) is 16.2. The summed E-state index contributed by atoms with van der Waals surface area (Å²) in [5, 5.41) is 2.81. The topological polar surface area (TPSA) is 94.3 Å². The van der Waals surface area contributed by atoms with Crippen molar-refractivity contribution in [1.82, 2.24) is 9.97 Å². The van der Waals surface area contributed by atoms with Gasteiger partial charge in [-0.3, -0.25) is 10.1 Å². The number of ether oxygens (including phenoxy) is 1. The van der Waals surface area contributed by atoms with E-state index in [4.69, 9.17) is 9.15 Å². The maximum absolute atomic E-state index is 13.0. The Morgan fingerprint density at radius 2 is 1.93 bits per heavy atom. The minimum Gasteiger partial charge on any atom is -0.463 e. The Balaban J connectivity index is 1.96. The molecule has 3 aromatic rings. The Labute approximate surface area is 160 Å². The van der Waals surface area contributed by atoms with Crippen molar-refractivity contribution in [2.45, 2.75) is 33.3 Å². The fourth-order valence-corrected chi connectivity index (χ4v) is 3.19. The van der Waals surface area contributed by atoms with Gasteiger partial charge in [-0.15, -0.1) is 0 Å². The third-order valence-corrected chi connectivity index (χ3v) is 4.29. The Morgan fingerprint density at radius 3 is 2.56 bits per heavy atom. The summed E-state index contributed by atoms with van der Waals surface area (Å²) < 4.78 is 10.6. The second-order valence-corrected chi connectivity index (χ2v) is 7.79. The van der Waals surface area contributed by atoms with Crippen LogP contribution < -0.4 is 5.32 Å². The molecular formula is C19H19N3O4S. The van der Waals surface area contributed by atoms with Crippen LogP contribution in [0.5, 0.6) is 0 Å². The van der Waals surface area contributed by atoms with E-state index >= 15 is 0 Å². The number of carbonyl (C=O) groups is 2. The Kier molecular flexibility index (Phi) is 5.09. The molecule has 0 aliphatic rings. The number of furan rings is 1. The van der Waals surface area contributed by atoms with E-state index in [9.17, 15) is 9.59 Å². The first-order valence-electron chi connectivity index (χ1n) is 8.26. The normalized spacial score (nSPS) is 11.3. The first kappa shape index (κ1) is 18.8. The number of ketones is 1. The number of carbonyl (C=O) groups excluding carboxylic acids is 2. The maximum atomic E-state index is 13.0. The van der Waals surface area contributed by atoms with Crippen molar-refractivity contribution in [3.05, 3.63) is 52.9 Å². The van der Waals surface area contributed by atoms with Crippen LogP contribution in [0.25, 0.3) is 11.5 Å². The van der Waals surface area contributed by atoms with Gasteiger partial charge < -0.3 is 9.15 Å². The first-order valence-corrected chi connectivity index (χ1v) is 9.07. The SMILES string of the molecule is Cc1cccc(C(=O)c2sc(NC(=O)OC(C)(C)C)nc2-c2ccco2)n1. The summed E-state index contributed by atoms with van der Waals surface area (Å²) in [5.74, 6) is 0.138. The van der Waals surface area contributed by atoms with Crippen LogP contribution in [0.2, 0.25) is 0 Å². The zero-order chi connectivity index (χ0) is 19.6. The number of thiazole rings is 1. The molecule has 0 saturated carbocycles. The molecular weight excluding hydrogens is 366 g/mol. The van der Waals surface area contributed by atoms with Crippen LogP contribution in [-0.4, -0.2) is 27.4 Å². The van der Waals surface area contributed by atoms with E-state index in [1.807, 2.05) is 13.0 Å². The summed E-state index contributed by atoms with van der Waals surface area (Å²) in [7, 11) is 0. The molecule has 0 aliphatic heterocycles. The number of aromatic nitrogens is 2. The first-order chi connectivity index (χ1) is 12.7. The highest BCUT2D eigenvalue weighted by Gasteiger charge is 2.25. The molecule has 8 heteroatoms. The molecule has 0 fully saturated rings. The third kappa shape index (κ3) is 4.59. The number of rotatable bonds is 4. The molecule has 0 unspecified atom stereocenters. The number of hydrogen-bond acceptors (Lipinski definition) is 7. The Hall–Kier alpha value is -3.00. The van der Waals surface area contributed by atoms with Crippen molar-refractivity contribution in [3.63, 3.8) is 0 Å². The summed E-state index contributed by atoms with van der Waals surface area (Å²) in [4.78, 5) is 34.0. The predicted molar refractivity (Wildman–Crippen MR) is 102 cm³/mol. The summed E-state index contributed by atoms with van der Waals surface area (Å²) >= 11 is 1.05. The molecule has 3 rings (SSSR count).